The molecule has 1 N–H and O–H groups in total. The van der Waals surface area contributed by atoms with Crippen molar-refractivity contribution < 1.29 is 14.3 Å². The average molecular weight is 447 g/mol. The molecule has 146 valence electrons. The number of carbonyl (C=O) groups excluding carboxylic acids is 2. The normalized spacial score (nSPS) is 15.8. The number of rotatable bonds is 9. The lowest BCUT2D eigenvalue weighted by Crippen LogP contribution is -2.51. The summed E-state index contributed by atoms with van der Waals surface area (Å²) in [4.78, 5) is 31.5. The third kappa shape index (κ3) is 7.32. The Labute approximate surface area is 167 Å². The van der Waals surface area contributed by atoms with Crippen molar-refractivity contribution in [3.05, 3.63) is 20.8 Å². The van der Waals surface area contributed by atoms with E-state index in [1.807, 2.05) is 18.5 Å². The SMILES string of the molecule is COCCNC(=O)CN1CCN(CC(=O)N(C)Cc2cc(Br)cs2)CC1. The Bertz CT molecular complexity index is 590. The van der Waals surface area contributed by atoms with E-state index in [0.717, 1.165) is 35.5 Å². The van der Waals surface area contributed by atoms with Gasteiger partial charge in [-0.05, 0) is 22.0 Å². The molecule has 0 aromatic carbocycles. The van der Waals surface area contributed by atoms with Gasteiger partial charge in [0.05, 0.1) is 26.2 Å². The Hall–Kier alpha value is -1.000. The van der Waals surface area contributed by atoms with Crippen LogP contribution in [0.3, 0.4) is 0 Å². The van der Waals surface area contributed by atoms with Gasteiger partial charge in [0.2, 0.25) is 11.8 Å². The van der Waals surface area contributed by atoms with Crippen LogP contribution in [-0.2, 0) is 20.9 Å². The summed E-state index contributed by atoms with van der Waals surface area (Å²) in [6.45, 7) is 5.73. The molecule has 2 heterocycles. The predicted octanol–water partition coefficient (Wildman–Crippen LogP) is 0.849. The quantitative estimate of drug-likeness (QED) is 0.569. The fourth-order valence-electron chi connectivity index (χ4n) is 2.73. The van der Waals surface area contributed by atoms with Crippen LogP contribution in [0.4, 0.5) is 0 Å². The minimum atomic E-state index is 0.0217. The second-order valence-corrected chi connectivity index (χ2v) is 8.29. The van der Waals surface area contributed by atoms with Crippen LogP contribution in [0.1, 0.15) is 4.88 Å². The molecule has 1 aliphatic heterocycles. The summed E-state index contributed by atoms with van der Waals surface area (Å²) < 4.78 is 5.97. The van der Waals surface area contributed by atoms with Crippen molar-refractivity contribution in [2.24, 2.45) is 0 Å². The van der Waals surface area contributed by atoms with E-state index in [1.165, 1.54) is 0 Å². The molecule has 1 saturated heterocycles. The van der Waals surface area contributed by atoms with Gasteiger partial charge in [-0.25, -0.2) is 0 Å². The molecule has 9 heteroatoms. The molecule has 7 nitrogen and oxygen atoms in total. The molecule has 2 amide bonds. The molecular formula is C17H27BrN4O3S. The monoisotopic (exact) mass is 446 g/mol. The number of amides is 2. The minimum Gasteiger partial charge on any atom is -0.383 e. The van der Waals surface area contributed by atoms with Gasteiger partial charge in [-0.15, -0.1) is 11.3 Å². The molecule has 2 rings (SSSR count). The number of piperazine rings is 1. The van der Waals surface area contributed by atoms with Crippen LogP contribution < -0.4 is 5.32 Å². The number of likely N-dealkylation sites (N-methyl/N-ethyl adjacent to an activating group) is 1. The predicted molar refractivity (Wildman–Crippen MR) is 106 cm³/mol. The largest absolute Gasteiger partial charge is 0.383 e. The van der Waals surface area contributed by atoms with Gasteiger partial charge < -0.3 is 15.0 Å². The zero-order chi connectivity index (χ0) is 18.9. The zero-order valence-electron chi connectivity index (χ0n) is 15.4. The zero-order valence-corrected chi connectivity index (χ0v) is 17.8. The fourth-order valence-corrected chi connectivity index (χ4v) is 4.23. The Morgan fingerprint density at radius 3 is 2.50 bits per heavy atom. The summed E-state index contributed by atoms with van der Waals surface area (Å²) in [6.07, 6.45) is 0. The molecule has 0 spiro atoms. The first-order valence-corrected chi connectivity index (χ1v) is 10.3. The van der Waals surface area contributed by atoms with E-state index in [1.54, 1.807) is 23.3 Å². The highest BCUT2D eigenvalue weighted by atomic mass is 79.9. The molecule has 1 aliphatic rings. The number of hydrogen-bond donors (Lipinski definition) is 1. The standard InChI is InChI=1S/C17H27BrN4O3S/c1-20(10-15-9-14(18)13-26-15)17(24)12-22-6-4-21(5-7-22)11-16(23)19-3-8-25-2/h9,13H,3-8,10-12H2,1-2H3,(H,19,23). The maximum Gasteiger partial charge on any atom is 0.236 e. The van der Waals surface area contributed by atoms with Crippen LogP contribution in [0.25, 0.3) is 0 Å². The summed E-state index contributed by atoms with van der Waals surface area (Å²) in [5.41, 5.74) is 0. The molecule has 0 unspecified atom stereocenters. The van der Waals surface area contributed by atoms with E-state index in [0.29, 0.717) is 32.8 Å². The molecule has 0 atom stereocenters. The number of nitrogens with zero attached hydrogens (tertiary/aromatic N) is 3. The topological polar surface area (TPSA) is 65.1 Å². The highest BCUT2D eigenvalue weighted by Gasteiger charge is 2.22. The molecule has 1 aromatic heterocycles. The van der Waals surface area contributed by atoms with Gasteiger partial charge in [0, 0.05) is 61.6 Å². The number of methoxy groups -OCH3 is 1. The number of ether oxygens (including phenoxy) is 1. The molecule has 1 fully saturated rings. The molecule has 26 heavy (non-hydrogen) atoms. The molecular weight excluding hydrogens is 420 g/mol. The lowest BCUT2D eigenvalue weighted by Gasteiger charge is -2.34. The third-order valence-corrected chi connectivity index (χ3v) is 5.94. The Morgan fingerprint density at radius 2 is 1.92 bits per heavy atom. The number of thiophene rings is 1. The summed E-state index contributed by atoms with van der Waals surface area (Å²) in [6, 6.07) is 2.05. The van der Waals surface area contributed by atoms with Crippen LogP contribution >= 0.6 is 27.3 Å². The smallest absolute Gasteiger partial charge is 0.236 e. The van der Waals surface area contributed by atoms with Gasteiger partial charge in [-0.2, -0.15) is 0 Å². The molecule has 0 bridgehead atoms. The molecule has 0 radical (unpaired) electrons. The molecule has 0 saturated carbocycles. The van der Waals surface area contributed by atoms with Crippen LogP contribution in [0.2, 0.25) is 0 Å². The van der Waals surface area contributed by atoms with Crippen molar-refractivity contribution in [1.29, 1.82) is 0 Å². The third-order valence-electron chi connectivity index (χ3n) is 4.26. The van der Waals surface area contributed by atoms with Crippen molar-refractivity contribution >= 4 is 39.1 Å². The first-order chi connectivity index (χ1) is 12.5. The van der Waals surface area contributed by atoms with Crippen molar-refractivity contribution in [2.75, 3.05) is 66.6 Å². The second kappa shape index (κ2) is 11.0. The number of hydrogen-bond acceptors (Lipinski definition) is 6. The maximum atomic E-state index is 12.4. The van der Waals surface area contributed by atoms with E-state index < -0.39 is 0 Å². The maximum absolute atomic E-state index is 12.4. The summed E-state index contributed by atoms with van der Waals surface area (Å²) in [7, 11) is 3.46. The number of carbonyl (C=O) groups is 2. The minimum absolute atomic E-state index is 0.0217. The van der Waals surface area contributed by atoms with E-state index in [4.69, 9.17) is 4.74 Å². The van der Waals surface area contributed by atoms with E-state index in [9.17, 15) is 9.59 Å². The fraction of sp³-hybridized carbons (Fsp3) is 0.647. The summed E-state index contributed by atoms with van der Waals surface area (Å²) in [5.74, 6) is 0.147. The van der Waals surface area contributed by atoms with Crippen LogP contribution in [0, 0.1) is 0 Å². The van der Waals surface area contributed by atoms with Gasteiger partial charge in [0.1, 0.15) is 0 Å². The average Bonchev–Trinajstić information content (AvgIpc) is 3.01. The Morgan fingerprint density at radius 1 is 1.27 bits per heavy atom. The first-order valence-electron chi connectivity index (χ1n) is 8.65. The van der Waals surface area contributed by atoms with Gasteiger partial charge in [-0.3, -0.25) is 19.4 Å². The summed E-state index contributed by atoms with van der Waals surface area (Å²) >= 11 is 5.09. The van der Waals surface area contributed by atoms with Crippen LogP contribution in [-0.4, -0.2) is 93.1 Å². The number of halogens is 1. The van der Waals surface area contributed by atoms with E-state index >= 15 is 0 Å². The Kier molecular flexibility index (Phi) is 9.00. The number of nitrogens with one attached hydrogen (secondary N) is 1. The lowest BCUT2D eigenvalue weighted by atomic mass is 10.3. The van der Waals surface area contributed by atoms with Crippen LogP contribution in [0.5, 0.6) is 0 Å². The highest BCUT2D eigenvalue weighted by Crippen LogP contribution is 2.20. The highest BCUT2D eigenvalue weighted by molar-refractivity contribution is 9.10. The van der Waals surface area contributed by atoms with Crippen molar-refractivity contribution in [3.63, 3.8) is 0 Å². The van der Waals surface area contributed by atoms with Crippen molar-refractivity contribution in [3.8, 4) is 0 Å². The Balaban J connectivity index is 1.66. The van der Waals surface area contributed by atoms with Gasteiger partial charge in [-0.1, -0.05) is 0 Å². The van der Waals surface area contributed by atoms with E-state index in [2.05, 4.69) is 31.0 Å². The van der Waals surface area contributed by atoms with Gasteiger partial charge >= 0.3 is 0 Å². The first kappa shape index (κ1) is 21.3. The molecule has 1 aromatic rings. The van der Waals surface area contributed by atoms with Crippen molar-refractivity contribution in [2.45, 2.75) is 6.54 Å². The van der Waals surface area contributed by atoms with Crippen LogP contribution in [0.15, 0.2) is 15.9 Å². The lowest BCUT2D eigenvalue weighted by molar-refractivity contribution is -0.132. The van der Waals surface area contributed by atoms with E-state index in [-0.39, 0.29) is 11.8 Å². The van der Waals surface area contributed by atoms with Crippen molar-refractivity contribution in [1.82, 2.24) is 20.0 Å². The summed E-state index contributed by atoms with van der Waals surface area (Å²) in [5, 5.41) is 4.86. The van der Waals surface area contributed by atoms with Gasteiger partial charge in [0.15, 0.2) is 0 Å². The molecule has 0 aliphatic carbocycles. The second-order valence-electron chi connectivity index (χ2n) is 6.38. The van der Waals surface area contributed by atoms with Gasteiger partial charge in [0.25, 0.3) is 0 Å².